The molecule has 2 rings (SSSR count). The molecule has 1 aromatic carbocycles. The van der Waals surface area contributed by atoms with Crippen molar-refractivity contribution in [1.29, 1.82) is 0 Å². The van der Waals surface area contributed by atoms with Crippen molar-refractivity contribution in [1.82, 2.24) is 10.2 Å². The van der Waals surface area contributed by atoms with Gasteiger partial charge in [0.15, 0.2) is 0 Å². The second-order valence-corrected chi connectivity index (χ2v) is 4.34. The summed E-state index contributed by atoms with van der Waals surface area (Å²) in [5.41, 5.74) is 0.504. The molecule has 0 fully saturated rings. The van der Waals surface area contributed by atoms with E-state index in [1.165, 1.54) is 19.4 Å². The Morgan fingerprint density at radius 1 is 1.27 bits per heavy atom. The van der Waals surface area contributed by atoms with E-state index in [0.29, 0.717) is 5.56 Å². The predicted molar refractivity (Wildman–Crippen MR) is 75.7 cm³/mol. The summed E-state index contributed by atoms with van der Waals surface area (Å²) in [6.45, 7) is 0. The van der Waals surface area contributed by atoms with Gasteiger partial charge in [-0.05, 0) is 11.6 Å². The average molecular weight is 303 g/mol. The molecule has 8 nitrogen and oxygen atoms in total. The smallest absolute Gasteiger partial charge is 0.343 e. The molecule has 3 N–H and O–H groups in total. The molecule has 0 aliphatic carbocycles. The van der Waals surface area contributed by atoms with Crippen LogP contribution in [0.2, 0.25) is 0 Å². The summed E-state index contributed by atoms with van der Waals surface area (Å²) < 4.78 is 4.56. The second kappa shape index (κ2) is 6.53. The molecule has 0 bridgehead atoms. The molecule has 0 spiro atoms. The summed E-state index contributed by atoms with van der Waals surface area (Å²) >= 11 is 0. The third kappa shape index (κ3) is 3.29. The molecule has 0 saturated carbocycles. The van der Waals surface area contributed by atoms with Gasteiger partial charge in [0.1, 0.15) is 11.4 Å². The van der Waals surface area contributed by atoms with Crippen LogP contribution in [0.4, 0.5) is 5.82 Å². The number of H-pyrrole nitrogens is 1. The molecule has 1 heterocycles. The van der Waals surface area contributed by atoms with Crippen molar-refractivity contribution in [3.8, 4) is 0 Å². The van der Waals surface area contributed by atoms with E-state index in [4.69, 9.17) is 5.11 Å². The van der Waals surface area contributed by atoms with E-state index in [0.717, 1.165) is 0 Å². The van der Waals surface area contributed by atoms with Gasteiger partial charge in [0.2, 0.25) is 5.91 Å². The van der Waals surface area contributed by atoms with E-state index in [1.54, 1.807) is 18.2 Å². The number of nitrogens with one attached hydrogen (secondary N) is 2. The summed E-state index contributed by atoms with van der Waals surface area (Å²) in [4.78, 5) is 34.6. The fraction of sp³-hybridized carbons (Fsp3) is 0.143. The minimum Gasteiger partial charge on any atom is -0.478 e. The van der Waals surface area contributed by atoms with Crippen LogP contribution < -0.4 is 5.32 Å². The van der Waals surface area contributed by atoms with Crippen molar-refractivity contribution in [3.63, 3.8) is 0 Å². The number of hydrogen-bond donors (Lipinski definition) is 3. The highest BCUT2D eigenvalue weighted by molar-refractivity contribution is 6.01. The van der Waals surface area contributed by atoms with Gasteiger partial charge >= 0.3 is 11.9 Å². The molecule has 0 aliphatic rings. The van der Waals surface area contributed by atoms with E-state index >= 15 is 0 Å². The van der Waals surface area contributed by atoms with Gasteiger partial charge in [0, 0.05) is 0 Å². The standard InChI is InChI=1S/C14H13N3O5/c1-22-14(21)10-7-15-17-12(10)16-11(18)6-8-4-2-3-5-9(8)13(19)20/h2-5,7H,6H2,1H3,(H,19,20)(H2,15,16,17,18). The average Bonchev–Trinajstić information content (AvgIpc) is 2.94. The lowest BCUT2D eigenvalue weighted by Gasteiger charge is -2.07. The van der Waals surface area contributed by atoms with Crippen molar-refractivity contribution < 1.29 is 24.2 Å². The molecule has 2 aromatic rings. The fourth-order valence-corrected chi connectivity index (χ4v) is 1.89. The summed E-state index contributed by atoms with van der Waals surface area (Å²) in [5, 5.41) is 17.7. The Labute approximate surface area is 125 Å². The Hall–Kier alpha value is -3.16. The molecule has 1 aromatic heterocycles. The maximum atomic E-state index is 12.0. The number of benzene rings is 1. The first kappa shape index (κ1) is 15.2. The Balaban J connectivity index is 2.13. The van der Waals surface area contributed by atoms with Gasteiger partial charge in [0.25, 0.3) is 0 Å². The quantitative estimate of drug-likeness (QED) is 0.710. The van der Waals surface area contributed by atoms with Gasteiger partial charge < -0.3 is 15.2 Å². The number of carboxylic acids is 1. The largest absolute Gasteiger partial charge is 0.478 e. The predicted octanol–water partition coefficient (Wildman–Crippen LogP) is 1.08. The van der Waals surface area contributed by atoms with Crippen LogP contribution in [-0.2, 0) is 16.0 Å². The van der Waals surface area contributed by atoms with Gasteiger partial charge in [-0.15, -0.1) is 0 Å². The number of carbonyl (C=O) groups is 3. The monoisotopic (exact) mass is 303 g/mol. The van der Waals surface area contributed by atoms with Crippen LogP contribution in [0.15, 0.2) is 30.5 Å². The number of carbonyl (C=O) groups excluding carboxylic acids is 2. The maximum absolute atomic E-state index is 12.0. The summed E-state index contributed by atoms with van der Waals surface area (Å²) in [5.74, 6) is -2.14. The SMILES string of the molecule is COC(=O)c1cn[nH]c1NC(=O)Cc1ccccc1C(=O)O. The van der Waals surface area contributed by atoms with E-state index in [1.807, 2.05) is 0 Å². The molecule has 0 atom stereocenters. The Bertz CT molecular complexity index is 723. The zero-order valence-corrected chi connectivity index (χ0v) is 11.6. The second-order valence-electron chi connectivity index (χ2n) is 4.34. The van der Waals surface area contributed by atoms with Crippen molar-refractivity contribution in [2.75, 3.05) is 12.4 Å². The molecule has 114 valence electrons. The molecular formula is C14H13N3O5. The highest BCUT2D eigenvalue weighted by Crippen LogP contribution is 2.14. The third-order valence-corrected chi connectivity index (χ3v) is 2.91. The minimum atomic E-state index is -1.11. The number of carboxylic acid groups (broad SMARTS) is 1. The van der Waals surface area contributed by atoms with Crippen LogP contribution in [0.3, 0.4) is 0 Å². The zero-order valence-electron chi connectivity index (χ0n) is 11.6. The molecule has 0 radical (unpaired) electrons. The first-order valence-electron chi connectivity index (χ1n) is 6.25. The van der Waals surface area contributed by atoms with Gasteiger partial charge in [-0.1, -0.05) is 18.2 Å². The first-order chi connectivity index (χ1) is 10.5. The van der Waals surface area contributed by atoms with Crippen molar-refractivity contribution in [3.05, 3.63) is 47.2 Å². The van der Waals surface area contributed by atoms with Crippen molar-refractivity contribution >= 4 is 23.7 Å². The summed E-state index contributed by atoms with van der Waals surface area (Å²) in [7, 11) is 1.21. The number of amides is 1. The van der Waals surface area contributed by atoms with Crippen molar-refractivity contribution in [2.45, 2.75) is 6.42 Å². The molecule has 22 heavy (non-hydrogen) atoms. The van der Waals surface area contributed by atoms with Gasteiger partial charge in [-0.3, -0.25) is 9.89 Å². The number of aromatic nitrogens is 2. The number of methoxy groups -OCH3 is 1. The maximum Gasteiger partial charge on any atom is 0.343 e. The Morgan fingerprint density at radius 2 is 2.00 bits per heavy atom. The number of nitrogens with zero attached hydrogens (tertiary/aromatic N) is 1. The highest BCUT2D eigenvalue weighted by Gasteiger charge is 2.18. The number of ether oxygens (including phenoxy) is 1. The minimum absolute atomic E-state index is 0.0513. The lowest BCUT2D eigenvalue weighted by atomic mass is 10.0. The van der Waals surface area contributed by atoms with Gasteiger partial charge in [-0.2, -0.15) is 5.10 Å². The van der Waals surface area contributed by atoms with Crippen LogP contribution in [0.5, 0.6) is 0 Å². The fourth-order valence-electron chi connectivity index (χ4n) is 1.89. The first-order valence-corrected chi connectivity index (χ1v) is 6.25. The van der Waals surface area contributed by atoms with Gasteiger partial charge in [0.05, 0.1) is 25.3 Å². The molecule has 0 unspecified atom stereocenters. The summed E-state index contributed by atoms with van der Waals surface area (Å²) in [6.07, 6.45) is 1.08. The van der Waals surface area contributed by atoms with E-state index < -0.39 is 17.8 Å². The Kier molecular flexibility index (Phi) is 4.52. The Morgan fingerprint density at radius 3 is 2.68 bits per heavy atom. The number of aromatic amines is 1. The number of rotatable bonds is 5. The molecule has 1 amide bonds. The highest BCUT2D eigenvalue weighted by atomic mass is 16.5. The number of aromatic carboxylic acids is 1. The van der Waals surface area contributed by atoms with Crippen LogP contribution in [0, 0.1) is 0 Å². The number of anilines is 1. The van der Waals surface area contributed by atoms with Crippen LogP contribution >= 0.6 is 0 Å². The van der Waals surface area contributed by atoms with Crippen LogP contribution in [0.25, 0.3) is 0 Å². The summed E-state index contributed by atoms with van der Waals surface area (Å²) in [6, 6.07) is 6.19. The van der Waals surface area contributed by atoms with Gasteiger partial charge in [-0.25, -0.2) is 9.59 Å². The van der Waals surface area contributed by atoms with E-state index in [9.17, 15) is 14.4 Å². The lowest BCUT2D eigenvalue weighted by molar-refractivity contribution is -0.115. The molecule has 0 aliphatic heterocycles. The zero-order chi connectivity index (χ0) is 16.1. The van der Waals surface area contributed by atoms with Crippen LogP contribution in [-0.4, -0.2) is 40.3 Å². The van der Waals surface area contributed by atoms with E-state index in [2.05, 4.69) is 20.3 Å². The van der Waals surface area contributed by atoms with Crippen LogP contribution in [0.1, 0.15) is 26.3 Å². The molecule has 0 saturated heterocycles. The van der Waals surface area contributed by atoms with Crippen molar-refractivity contribution in [2.24, 2.45) is 0 Å². The normalized spacial score (nSPS) is 10.0. The topological polar surface area (TPSA) is 121 Å². The third-order valence-electron chi connectivity index (χ3n) is 2.91. The lowest BCUT2D eigenvalue weighted by Crippen LogP contribution is -2.18. The molecular weight excluding hydrogens is 290 g/mol. The number of hydrogen-bond acceptors (Lipinski definition) is 5. The molecule has 8 heteroatoms. The van der Waals surface area contributed by atoms with E-state index in [-0.39, 0.29) is 23.4 Å². The number of esters is 1.